The number of likely N-dealkylation sites (tertiary alicyclic amines) is 1. The zero-order valence-electron chi connectivity index (χ0n) is 13.7. The Kier molecular flexibility index (Phi) is 5.85. The van der Waals surface area contributed by atoms with E-state index in [1.807, 2.05) is 0 Å². The molecular formula is C17H23F2N5. The molecule has 0 spiro atoms. The van der Waals surface area contributed by atoms with Gasteiger partial charge in [-0.05, 0) is 79.2 Å². The van der Waals surface area contributed by atoms with Crippen LogP contribution in [0, 0.1) is 17.6 Å². The first-order valence-corrected chi connectivity index (χ1v) is 8.58. The molecule has 0 radical (unpaired) electrons. The minimum atomic E-state index is -0.773. The molecule has 1 aliphatic rings. The molecule has 1 aromatic carbocycles. The molecule has 5 nitrogen and oxygen atoms in total. The van der Waals surface area contributed by atoms with E-state index in [1.54, 1.807) is 17.1 Å². The summed E-state index contributed by atoms with van der Waals surface area (Å²) in [6.45, 7) is 4.10. The van der Waals surface area contributed by atoms with Crippen LogP contribution in [0.4, 0.5) is 8.78 Å². The van der Waals surface area contributed by atoms with Crippen molar-refractivity contribution in [3.8, 4) is 0 Å². The molecule has 0 bridgehead atoms. The van der Waals surface area contributed by atoms with Crippen LogP contribution in [0.1, 0.15) is 31.2 Å². The van der Waals surface area contributed by atoms with Gasteiger partial charge in [-0.1, -0.05) is 6.07 Å². The van der Waals surface area contributed by atoms with E-state index in [9.17, 15) is 8.78 Å². The Balaban J connectivity index is 1.40. The second-order valence-electron chi connectivity index (χ2n) is 6.52. The molecule has 1 aliphatic heterocycles. The normalized spacial score (nSPS) is 18.8. The van der Waals surface area contributed by atoms with E-state index in [1.165, 1.54) is 25.0 Å². The Labute approximate surface area is 140 Å². The molecule has 0 amide bonds. The Hall–Kier alpha value is -1.89. The van der Waals surface area contributed by atoms with Gasteiger partial charge in [0.15, 0.2) is 11.6 Å². The number of piperidine rings is 1. The van der Waals surface area contributed by atoms with Crippen LogP contribution in [0.2, 0.25) is 0 Å². The largest absolute Gasteiger partial charge is 0.303 e. The lowest BCUT2D eigenvalue weighted by molar-refractivity contribution is 0.164. The molecule has 1 aromatic heterocycles. The van der Waals surface area contributed by atoms with Crippen LogP contribution in [0.5, 0.6) is 0 Å². The average Bonchev–Trinajstić information content (AvgIpc) is 3.10. The number of nitrogens with zero attached hydrogens (tertiary/aromatic N) is 5. The zero-order chi connectivity index (χ0) is 16.8. The van der Waals surface area contributed by atoms with Gasteiger partial charge in [0.2, 0.25) is 0 Å². The van der Waals surface area contributed by atoms with E-state index < -0.39 is 11.6 Å². The van der Waals surface area contributed by atoms with Gasteiger partial charge in [0, 0.05) is 13.1 Å². The number of hydrogen-bond acceptors (Lipinski definition) is 4. The SMILES string of the molecule is Fc1ccc(CC[C@H]2CCCN(CCCn3cnnn3)C2)cc1F. The van der Waals surface area contributed by atoms with Crippen molar-refractivity contribution >= 4 is 0 Å². The van der Waals surface area contributed by atoms with Gasteiger partial charge in [-0.25, -0.2) is 13.5 Å². The predicted molar refractivity (Wildman–Crippen MR) is 86.3 cm³/mol. The first kappa shape index (κ1) is 17.0. The second kappa shape index (κ2) is 8.28. The highest BCUT2D eigenvalue weighted by Gasteiger charge is 2.19. The number of aryl methyl sites for hydroxylation is 2. The van der Waals surface area contributed by atoms with E-state index in [4.69, 9.17) is 0 Å². The first-order valence-electron chi connectivity index (χ1n) is 8.58. The Bertz CT molecular complexity index is 632. The maximum absolute atomic E-state index is 13.3. The van der Waals surface area contributed by atoms with Gasteiger partial charge in [-0.15, -0.1) is 5.10 Å². The summed E-state index contributed by atoms with van der Waals surface area (Å²) < 4.78 is 28.0. The van der Waals surface area contributed by atoms with Crippen molar-refractivity contribution in [1.82, 2.24) is 25.1 Å². The van der Waals surface area contributed by atoms with Gasteiger partial charge in [-0.2, -0.15) is 0 Å². The van der Waals surface area contributed by atoms with Gasteiger partial charge in [0.1, 0.15) is 6.33 Å². The van der Waals surface area contributed by atoms with Crippen LogP contribution in [0.3, 0.4) is 0 Å². The van der Waals surface area contributed by atoms with Crippen molar-refractivity contribution in [2.24, 2.45) is 5.92 Å². The molecule has 0 N–H and O–H groups in total. The number of halogens is 2. The minimum absolute atomic E-state index is 0.625. The lowest BCUT2D eigenvalue weighted by atomic mass is 9.91. The monoisotopic (exact) mass is 335 g/mol. The summed E-state index contributed by atoms with van der Waals surface area (Å²) in [5, 5.41) is 11.1. The predicted octanol–water partition coefficient (Wildman–Crippen LogP) is 2.69. The van der Waals surface area contributed by atoms with Crippen molar-refractivity contribution in [3.63, 3.8) is 0 Å². The molecule has 24 heavy (non-hydrogen) atoms. The van der Waals surface area contributed by atoms with E-state index in [0.29, 0.717) is 5.92 Å². The minimum Gasteiger partial charge on any atom is -0.303 e. The van der Waals surface area contributed by atoms with E-state index >= 15 is 0 Å². The molecule has 0 aliphatic carbocycles. The van der Waals surface area contributed by atoms with E-state index in [2.05, 4.69) is 20.4 Å². The summed E-state index contributed by atoms with van der Waals surface area (Å²) in [7, 11) is 0. The molecule has 7 heteroatoms. The highest BCUT2D eigenvalue weighted by atomic mass is 19.2. The fourth-order valence-electron chi connectivity index (χ4n) is 3.39. The Morgan fingerprint density at radius 3 is 2.88 bits per heavy atom. The molecule has 130 valence electrons. The quantitative estimate of drug-likeness (QED) is 0.780. The molecule has 2 aromatic rings. The Morgan fingerprint density at radius 2 is 2.08 bits per heavy atom. The van der Waals surface area contributed by atoms with Gasteiger partial charge in [0.05, 0.1) is 0 Å². The molecule has 3 rings (SSSR count). The fraction of sp³-hybridized carbons (Fsp3) is 0.588. The van der Waals surface area contributed by atoms with Crippen LogP contribution < -0.4 is 0 Å². The van der Waals surface area contributed by atoms with Crippen LogP contribution in [0.15, 0.2) is 24.5 Å². The van der Waals surface area contributed by atoms with Gasteiger partial charge in [-0.3, -0.25) is 0 Å². The van der Waals surface area contributed by atoms with Crippen molar-refractivity contribution < 1.29 is 8.78 Å². The summed E-state index contributed by atoms with van der Waals surface area (Å²) in [5.74, 6) is -0.898. The lowest BCUT2D eigenvalue weighted by Crippen LogP contribution is -2.36. The highest BCUT2D eigenvalue weighted by Crippen LogP contribution is 2.22. The molecule has 1 saturated heterocycles. The number of aromatic nitrogens is 4. The topological polar surface area (TPSA) is 46.8 Å². The number of rotatable bonds is 7. The third-order valence-corrected chi connectivity index (χ3v) is 4.68. The summed E-state index contributed by atoms with van der Waals surface area (Å²) in [4.78, 5) is 2.49. The second-order valence-corrected chi connectivity index (χ2v) is 6.52. The van der Waals surface area contributed by atoms with Crippen molar-refractivity contribution in [2.75, 3.05) is 19.6 Å². The summed E-state index contributed by atoms with van der Waals surface area (Å²) in [6, 6.07) is 4.23. The molecule has 0 saturated carbocycles. The lowest BCUT2D eigenvalue weighted by Gasteiger charge is -2.32. The zero-order valence-corrected chi connectivity index (χ0v) is 13.7. The Morgan fingerprint density at radius 1 is 1.17 bits per heavy atom. The average molecular weight is 335 g/mol. The summed E-state index contributed by atoms with van der Waals surface area (Å²) in [5.41, 5.74) is 0.879. The first-order chi connectivity index (χ1) is 11.7. The van der Waals surface area contributed by atoms with Crippen molar-refractivity contribution in [3.05, 3.63) is 41.7 Å². The standard InChI is InChI=1S/C17H23F2N5/c18-16-7-6-14(11-17(16)19)4-5-15-3-1-8-23(12-15)9-2-10-24-13-20-21-22-24/h6-7,11,13,15H,1-5,8-10,12H2/t15-/m1/s1. The number of tetrazole rings is 1. The van der Waals surface area contributed by atoms with Gasteiger partial charge in [0.25, 0.3) is 0 Å². The van der Waals surface area contributed by atoms with Gasteiger partial charge < -0.3 is 4.90 Å². The third kappa shape index (κ3) is 4.80. The molecular weight excluding hydrogens is 312 g/mol. The molecule has 1 atom stereocenters. The summed E-state index contributed by atoms with van der Waals surface area (Å²) in [6.07, 6.45) is 6.91. The van der Waals surface area contributed by atoms with Crippen LogP contribution >= 0.6 is 0 Å². The number of hydrogen-bond donors (Lipinski definition) is 0. The smallest absolute Gasteiger partial charge is 0.159 e. The van der Waals surface area contributed by atoms with Crippen LogP contribution in [-0.2, 0) is 13.0 Å². The highest BCUT2D eigenvalue weighted by molar-refractivity contribution is 5.17. The fourth-order valence-corrected chi connectivity index (χ4v) is 3.39. The van der Waals surface area contributed by atoms with Crippen LogP contribution in [-0.4, -0.2) is 44.7 Å². The maximum atomic E-state index is 13.3. The molecule has 2 heterocycles. The van der Waals surface area contributed by atoms with Gasteiger partial charge >= 0.3 is 0 Å². The third-order valence-electron chi connectivity index (χ3n) is 4.68. The van der Waals surface area contributed by atoms with Crippen molar-refractivity contribution in [2.45, 2.75) is 38.6 Å². The van der Waals surface area contributed by atoms with Crippen LogP contribution in [0.25, 0.3) is 0 Å². The molecule has 0 unspecified atom stereocenters. The van der Waals surface area contributed by atoms with E-state index in [0.717, 1.165) is 51.0 Å². The molecule has 1 fully saturated rings. The number of benzene rings is 1. The van der Waals surface area contributed by atoms with E-state index in [-0.39, 0.29) is 0 Å². The van der Waals surface area contributed by atoms with Crippen molar-refractivity contribution in [1.29, 1.82) is 0 Å². The summed E-state index contributed by atoms with van der Waals surface area (Å²) >= 11 is 0. The maximum Gasteiger partial charge on any atom is 0.159 e.